The van der Waals surface area contributed by atoms with Crippen molar-refractivity contribution in [2.75, 3.05) is 16.4 Å². The van der Waals surface area contributed by atoms with Crippen LogP contribution in [-0.4, -0.2) is 16.4 Å². The van der Waals surface area contributed by atoms with Gasteiger partial charge in [0, 0.05) is 21.0 Å². The van der Waals surface area contributed by atoms with Gasteiger partial charge in [-0.3, -0.25) is 0 Å². The third-order valence-electron chi connectivity index (χ3n) is 3.55. The maximum atomic E-state index is 14.2. The first kappa shape index (κ1) is 17.0. The van der Waals surface area contributed by atoms with Crippen LogP contribution in [0.25, 0.3) is 0 Å². The molecule has 0 saturated heterocycles. The highest BCUT2D eigenvalue weighted by Gasteiger charge is 2.32. The first-order chi connectivity index (χ1) is 10.2. The van der Waals surface area contributed by atoms with E-state index in [1.54, 1.807) is 12.1 Å². The van der Waals surface area contributed by atoms with Crippen LogP contribution in [0.4, 0.5) is 4.39 Å². The Kier molecular flexibility index (Phi) is 6.77. The molecule has 0 atom stereocenters. The van der Waals surface area contributed by atoms with Crippen molar-refractivity contribution in [3.05, 3.63) is 66.0 Å². The summed E-state index contributed by atoms with van der Waals surface area (Å²) in [4.78, 5) is 1.25. The van der Waals surface area contributed by atoms with Gasteiger partial charge < -0.3 is 0 Å². The van der Waals surface area contributed by atoms with E-state index in [0.717, 1.165) is 28.4 Å². The lowest BCUT2D eigenvalue weighted by Crippen LogP contribution is -2.32. The van der Waals surface area contributed by atoms with Crippen LogP contribution in [-0.2, 0) is 5.41 Å². The van der Waals surface area contributed by atoms with E-state index in [0.29, 0.717) is 0 Å². The van der Waals surface area contributed by atoms with Crippen LogP contribution in [0.5, 0.6) is 0 Å². The number of hydrogen-bond donors (Lipinski definition) is 0. The van der Waals surface area contributed by atoms with Crippen LogP contribution >= 0.6 is 43.6 Å². The minimum absolute atomic E-state index is 0.124. The molecular formula is C17H17Br2FS. The fourth-order valence-electron chi connectivity index (χ4n) is 2.22. The lowest BCUT2D eigenvalue weighted by Gasteiger charge is -2.31. The summed E-state index contributed by atoms with van der Waals surface area (Å²) < 4.78 is 14.2. The molecule has 0 aliphatic carbocycles. The zero-order valence-electron chi connectivity index (χ0n) is 11.6. The molecule has 0 bridgehead atoms. The normalized spacial score (nSPS) is 11.6. The van der Waals surface area contributed by atoms with Gasteiger partial charge in [-0.05, 0) is 35.9 Å². The molecule has 0 unspecified atom stereocenters. The van der Waals surface area contributed by atoms with Gasteiger partial charge in [-0.1, -0.05) is 68.3 Å². The van der Waals surface area contributed by atoms with Gasteiger partial charge in [-0.2, -0.15) is 0 Å². The molecule has 0 amide bonds. The third-order valence-corrected chi connectivity index (χ3v) is 6.71. The molecule has 112 valence electrons. The monoisotopic (exact) mass is 430 g/mol. The van der Waals surface area contributed by atoms with Gasteiger partial charge in [0.1, 0.15) is 5.82 Å². The lowest BCUT2D eigenvalue weighted by molar-refractivity contribution is 0.493. The van der Waals surface area contributed by atoms with Crippen molar-refractivity contribution < 1.29 is 4.39 Å². The van der Waals surface area contributed by atoms with Crippen LogP contribution in [0.3, 0.4) is 0 Å². The average molecular weight is 432 g/mol. The first-order valence-corrected chi connectivity index (χ1v) is 9.99. The van der Waals surface area contributed by atoms with Crippen LogP contribution < -0.4 is 0 Å². The highest BCUT2D eigenvalue weighted by Crippen LogP contribution is 2.36. The van der Waals surface area contributed by atoms with Gasteiger partial charge in [0.25, 0.3) is 0 Å². The summed E-state index contributed by atoms with van der Waals surface area (Å²) in [6, 6.07) is 17.4. The summed E-state index contributed by atoms with van der Waals surface area (Å²) in [5.74, 6) is 0.830. The summed E-state index contributed by atoms with van der Waals surface area (Å²) in [6.45, 7) is 0. The topological polar surface area (TPSA) is 0 Å². The highest BCUT2D eigenvalue weighted by atomic mass is 79.9. The third kappa shape index (κ3) is 4.33. The van der Waals surface area contributed by atoms with E-state index in [9.17, 15) is 4.39 Å². The van der Waals surface area contributed by atoms with Crippen LogP contribution in [0, 0.1) is 5.82 Å². The number of alkyl halides is 2. The van der Waals surface area contributed by atoms with Crippen molar-refractivity contribution in [1.29, 1.82) is 0 Å². The lowest BCUT2D eigenvalue weighted by atomic mass is 9.82. The molecule has 0 aliphatic heterocycles. The van der Waals surface area contributed by atoms with E-state index in [1.807, 2.05) is 42.1 Å². The van der Waals surface area contributed by atoms with Crippen LogP contribution in [0.15, 0.2) is 59.5 Å². The van der Waals surface area contributed by atoms with Gasteiger partial charge in [0.05, 0.1) is 0 Å². The molecule has 0 heterocycles. The van der Waals surface area contributed by atoms with Gasteiger partial charge in [-0.25, -0.2) is 4.39 Å². The van der Waals surface area contributed by atoms with Gasteiger partial charge in [0.15, 0.2) is 0 Å². The predicted octanol–water partition coefficient (Wildman–Crippen LogP) is 6.04. The van der Waals surface area contributed by atoms with Crippen molar-refractivity contribution in [3.8, 4) is 0 Å². The second kappa shape index (κ2) is 8.35. The van der Waals surface area contributed by atoms with E-state index >= 15 is 0 Å². The fourth-order valence-corrected chi connectivity index (χ4v) is 5.39. The number of thioether (sulfide) groups is 1. The molecule has 0 saturated carbocycles. The van der Waals surface area contributed by atoms with Gasteiger partial charge >= 0.3 is 0 Å². The standard InChI is InChI=1S/C17H17Br2FS/c18-12-17(13-19,15-8-4-5-9-16(15)20)10-11-21-14-6-2-1-3-7-14/h1-9H,10-13H2. The zero-order valence-corrected chi connectivity index (χ0v) is 15.6. The molecule has 2 aromatic rings. The van der Waals surface area contributed by atoms with Gasteiger partial charge in [0.2, 0.25) is 0 Å². The minimum atomic E-state index is -0.215. The molecule has 0 aromatic heterocycles. The van der Waals surface area contributed by atoms with E-state index < -0.39 is 0 Å². The molecule has 0 nitrogen and oxygen atoms in total. The summed E-state index contributed by atoms with van der Waals surface area (Å²) in [7, 11) is 0. The SMILES string of the molecule is Fc1ccccc1C(CBr)(CBr)CCSc1ccccc1. The number of rotatable bonds is 7. The Hall–Kier alpha value is -0.320. The summed E-state index contributed by atoms with van der Waals surface area (Å²) in [5, 5.41) is 1.48. The van der Waals surface area contributed by atoms with Crippen LogP contribution in [0.1, 0.15) is 12.0 Å². The van der Waals surface area contributed by atoms with Crippen molar-refractivity contribution in [2.24, 2.45) is 0 Å². The second-order valence-electron chi connectivity index (χ2n) is 4.94. The van der Waals surface area contributed by atoms with Crippen molar-refractivity contribution in [3.63, 3.8) is 0 Å². The Bertz CT molecular complexity index is 556. The zero-order chi connectivity index (χ0) is 15.1. The maximum absolute atomic E-state index is 14.2. The van der Waals surface area contributed by atoms with E-state index in [-0.39, 0.29) is 11.2 Å². The van der Waals surface area contributed by atoms with Crippen molar-refractivity contribution >= 4 is 43.6 Å². The quantitative estimate of drug-likeness (QED) is 0.380. The Labute approximate surface area is 146 Å². The van der Waals surface area contributed by atoms with Crippen molar-refractivity contribution in [2.45, 2.75) is 16.7 Å². The first-order valence-electron chi connectivity index (χ1n) is 6.76. The fraction of sp³-hybridized carbons (Fsp3) is 0.294. The largest absolute Gasteiger partial charge is 0.207 e. The van der Waals surface area contributed by atoms with Gasteiger partial charge in [-0.15, -0.1) is 11.8 Å². The highest BCUT2D eigenvalue weighted by molar-refractivity contribution is 9.09. The van der Waals surface area contributed by atoms with E-state index in [1.165, 1.54) is 4.90 Å². The van der Waals surface area contributed by atoms with E-state index in [4.69, 9.17) is 0 Å². The average Bonchev–Trinajstić information content (AvgIpc) is 2.54. The maximum Gasteiger partial charge on any atom is 0.127 e. The number of benzene rings is 2. The molecule has 0 radical (unpaired) electrons. The Balaban J connectivity index is 2.10. The molecule has 0 N–H and O–H groups in total. The van der Waals surface area contributed by atoms with Crippen LogP contribution in [0.2, 0.25) is 0 Å². The molecule has 2 rings (SSSR count). The predicted molar refractivity (Wildman–Crippen MR) is 97.4 cm³/mol. The molecule has 2 aromatic carbocycles. The number of halogens is 3. The molecule has 0 aliphatic rings. The molecule has 4 heteroatoms. The molecule has 0 fully saturated rings. The Morgan fingerprint density at radius 2 is 1.52 bits per heavy atom. The molecule has 0 spiro atoms. The Morgan fingerprint density at radius 3 is 2.14 bits per heavy atom. The summed E-state index contributed by atoms with van der Waals surface area (Å²) in [6.07, 6.45) is 0.907. The summed E-state index contributed by atoms with van der Waals surface area (Å²) >= 11 is 8.98. The number of hydrogen-bond acceptors (Lipinski definition) is 1. The van der Waals surface area contributed by atoms with Crippen molar-refractivity contribution in [1.82, 2.24) is 0 Å². The minimum Gasteiger partial charge on any atom is -0.207 e. The Morgan fingerprint density at radius 1 is 0.905 bits per heavy atom. The summed E-state index contributed by atoms with van der Waals surface area (Å²) in [5.41, 5.74) is 0.569. The second-order valence-corrected chi connectivity index (χ2v) is 7.23. The molecular weight excluding hydrogens is 415 g/mol. The molecule has 21 heavy (non-hydrogen) atoms. The smallest absolute Gasteiger partial charge is 0.127 e. The van der Waals surface area contributed by atoms with E-state index in [2.05, 4.69) is 44.0 Å².